The monoisotopic (exact) mass is 191 g/mol. The highest BCUT2D eigenvalue weighted by Crippen LogP contribution is 2.02. The predicted molar refractivity (Wildman–Crippen MR) is 50.9 cm³/mol. The molecule has 0 aromatic carbocycles. The van der Waals surface area contributed by atoms with Crippen molar-refractivity contribution in [2.75, 3.05) is 0 Å². The van der Waals surface area contributed by atoms with Crippen molar-refractivity contribution >= 4 is 17.8 Å². The van der Waals surface area contributed by atoms with Crippen LogP contribution in [0.15, 0.2) is 24.4 Å². The van der Waals surface area contributed by atoms with E-state index in [0.717, 1.165) is 6.08 Å². The largest absolute Gasteiger partial charge is 0.478 e. The number of carboxylic acids is 1. The first kappa shape index (κ1) is 10.1. The van der Waals surface area contributed by atoms with Gasteiger partial charge in [0.25, 0.3) is 0 Å². The number of carboxylic acid groups (broad SMARTS) is 1. The van der Waals surface area contributed by atoms with Gasteiger partial charge in [-0.25, -0.2) is 4.79 Å². The van der Waals surface area contributed by atoms with Gasteiger partial charge in [0, 0.05) is 19.2 Å². The summed E-state index contributed by atoms with van der Waals surface area (Å²) in [6.45, 7) is 1.43. The van der Waals surface area contributed by atoms with Crippen molar-refractivity contribution < 1.29 is 14.7 Å². The molecule has 0 aliphatic carbocycles. The second-order valence-electron chi connectivity index (χ2n) is 2.70. The highest BCUT2D eigenvalue weighted by Gasteiger charge is 1.98. The van der Waals surface area contributed by atoms with E-state index in [1.54, 1.807) is 12.1 Å². The zero-order chi connectivity index (χ0) is 10.6. The van der Waals surface area contributed by atoms with Crippen LogP contribution >= 0.6 is 0 Å². The molecule has 0 bridgehead atoms. The molecule has 0 amide bonds. The lowest BCUT2D eigenvalue weighted by atomic mass is 10.2. The lowest BCUT2D eigenvalue weighted by molar-refractivity contribution is -0.131. The van der Waals surface area contributed by atoms with E-state index in [0.29, 0.717) is 11.3 Å². The van der Waals surface area contributed by atoms with E-state index in [1.165, 1.54) is 19.2 Å². The Morgan fingerprint density at radius 3 is 2.57 bits per heavy atom. The maximum atomic E-state index is 10.8. The lowest BCUT2D eigenvalue weighted by Gasteiger charge is -1.94. The van der Waals surface area contributed by atoms with Gasteiger partial charge in [-0.1, -0.05) is 6.07 Å². The van der Waals surface area contributed by atoms with Crippen LogP contribution in [0.5, 0.6) is 0 Å². The number of aromatic nitrogens is 1. The fourth-order valence-electron chi connectivity index (χ4n) is 0.880. The summed E-state index contributed by atoms with van der Waals surface area (Å²) in [5.74, 6) is -1.13. The third-order valence-corrected chi connectivity index (χ3v) is 1.57. The number of ketones is 1. The maximum Gasteiger partial charge on any atom is 0.328 e. The summed E-state index contributed by atoms with van der Waals surface area (Å²) in [5.41, 5.74) is 1.02. The number of carbonyl (C=O) groups excluding carboxylic acids is 1. The van der Waals surface area contributed by atoms with Crippen LogP contribution in [0, 0.1) is 0 Å². The van der Waals surface area contributed by atoms with Crippen LogP contribution in [0.25, 0.3) is 6.08 Å². The van der Waals surface area contributed by atoms with Gasteiger partial charge in [-0.15, -0.1) is 0 Å². The second-order valence-corrected chi connectivity index (χ2v) is 2.70. The summed E-state index contributed by atoms with van der Waals surface area (Å²) in [4.78, 5) is 24.9. The molecule has 1 N–H and O–H groups in total. The molecule has 14 heavy (non-hydrogen) atoms. The number of hydrogen-bond acceptors (Lipinski definition) is 3. The van der Waals surface area contributed by atoms with E-state index in [1.807, 2.05) is 0 Å². The minimum Gasteiger partial charge on any atom is -0.478 e. The fraction of sp³-hybridized carbons (Fsp3) is 0.100. The number of hydrogen-bond donors (Lipinski definition) is 1. The SMILES string of the molecule is CC(=O)c1ccc(C=CC(=O)O)cn1. The maximum absolute atomic E-state index is 10.8. The normalized spacial score (nSPS) is 10.4. The molecule has 0 spiro atoms. The molecule has 1 rings (SSSR count). The van der Waals surface area contributed by atoms with Crippen LogP contribution in [0.1, 0.15) is 23.0 Å². The third kappa shape index (κ3) is 2.82. The van der Waals surface area contributed by atoms with Crippen LogP contribution < -0.4 is 0 Å². The Hall–Kier alpha value is -1.97. The van der Waals surface area contributed by atoms with E-state index in [2.05, 4.69) is 4.98 Å². The number of rotatable bonds is 3. The summed E-state index contributed by atoms with van der Waals surface area (Å²) >= 11 is 0. The van der Waals surface area contributed by atoms with Gasteiger partial charge in [-0.3, -0.25) is 9.78 Å². The van der Waals surface area contributed by atoms with Crippen LogP contribution in [0.3, 0.4) is 0 Å². The topological polar surface area (TPSA) is 67.3 Å². The van der Waals surface area contributed by atoms with E-state index >= 15 is 0 Å². The van der Waals surface area contributed by atoms with Crippen LogP contribution in [0.4, 0.5) is 0 Å². The van der Waals surface area contributed by atoms with E-state index in [-0.39, 0.29) is 5.78 Å². The van der Waals surface area contributed by atoms with Crippen molar-refractivity contribution in [3.8, 4) is 0 Å². The summed E-state index contributed by atoms with van der Waals surface area (Å²) in [7, 11) is 0. The van der Waals surface area contributed by atoms with Gasteiger partial charge in [0.1, 0.15) is 5.69 Å². The Labute approximate surface area is 80.9 Å². The van der Waals surface area contributed by atoms with Gasteiger partial charge in [-0.05, 0) is 17.7 Å². The minimum atomic E-state index is -1.01. The third-order valence-electron chi connectivity index (χ3n) is 1.57. The van der Waals surface area contributed by atoms with E-state index < -0.39 is 5.97 Å². The quantitative estimate of drug-likeness (QED) is 0.579. The molecule has 0 fully saturated rings. The van der Waals surface area contributed by atoms with Crippen LogP contribution in [0.2, 0.25) is 0 Å². The second kappa shape index (κ2) is 4.32. The Bertz CT molecular complexity index is 379. The summed E-state index contributed by atoms with van der Waals surface area (Å²) < 4.78 is 0. The molecule has 0 radical (unpaired) electrons. The molecule has 0 aliphatic heterocycles. The molecular formula is C10H9NO3. The smallest absolute Gasteiger partial charge is 0.328 e. The zero-order valence-electron chi connectivity index (χ0n) is 7.60. The number of pyridine rings is 1. The molecule has 0 saturated heterocycles. The fourth-order valence-corrected chi connectivity index (χ4v) is 0.880. The van der Waals surface area contributed by atoms with Gasteiger partial charge >= 0.3 is 5.97 Å². The molecule has 72 valence electrons. The van der Waals surface area contributed by atoms with Crippen LogP contribution in [-0.4, -0.2) is 21.8 Å². The van der Waals surface area contributed by atoms with Crippen molar-refractivity contribution in [1.82, 2.24) is 4.98 Å². The van der Waals surface area contributed by atoms with Crippen molar-refractivity contribution in [3.63, 3.8) is 0 Å². The number of nitrogens with zero attached hydrogens (tertiary/aromatic N) is 1. The highest BCUT2D eigenvalue weighted by molar-refractivity contribution is 5.92. The molecule has 4 nitrogen and oxygen atoms in total. The molecule has 1 aromatic rings. The molecule has 1 aromatic heterocycles. The summed E-state index contributed by atoms with van der Waals surface area (Å²) in [5, 5.41) is 8.36. The van der Waals surface area contributed by atoms with Crippen molar-refractivity contribution in [3.05, 3.63) is 35.7 Å². The van der Waals surface area contributed by atoms with Gasteiger partial charge < -0.3 is 5.11 Å². The Kier molecular flexibility index (Phi) is 3.12. The Morgan fingerprint density at radius 2 is 2.14 bits per heavy atom. The van der Waals surface area contributed by atoms with Crippen molar-refractivity contribution in [2.24, 2.45) is 0 Å². The molecule has 0 unspecified atom stereocenters. The Morgan fingerprint density at radius 1 is 1.43 bits per heavy atom. The predicted octanol–water partition coefficient (Wildman–Crippen LogP) is 1.38. The number of carbonyl (C=O) groups is 2. The molecule has 1 heterocycles. The summed E-state index contributed by atoms with van der Waals surface area (Å²) in [6, 6.07) is 3.20. The standard InChI is InChI=1S/C10H9NO3/c1-7(12)9-4-2-8(6-11-9)3-5-10(13)14/h2-6H,1H3,(H,13,14). The first-order valence-corrected chi connectivity index (χ1v) is 3.97. The van der Waals surface area contributed by atoms with Crippen molar-refractivity contribution in [1.29, 1.82) is 0 Å². The molecular weight excluding hydrogens is 182 g/mol. The van der Waals surface area contributed by atoms with E-state index in [4.69, 9.17) is 5.11 Å². The average Bonchev–Trinajstić information content (AvgIpc) is 2.15. The average molecular weight is 191 g/mol. The number of Topliss-reactive ketones (excluding diaryl/α,β-unsaturated/α-hetero) is 1. The first-order chi connectivity index (χ1) is 6.59. The first-order valence-electron chi connectivity index (χ1n) is 3.97. The molecule has 0 atom stereocenters. The zero-order valence-corrected chi connectivity index (χ0v) is 7.60. The molecule has 4 heteroatoms. The minimum absolute atomic E-state index is 0.112. The van der Waals surface area contributed by atoms with Crippen molar-refractivity contribution in [2.45, 2.75) is 6.92 Å². The van der Waals surface area contributed by atoms with E-state index in [9.17, 15) is 9.59 Å². The van der Waals surface area contributed by atoms with Gasteiger partial charge in [0.05, 0.1) is 0 Å². The Balaban J connectivity index is 2.83. The summed E-state index contributed by atoms with van der Waals surface area (Å²) in [6.07, 6.45) is 3.89. The molecule has 0 aliphatic rings. The van der Waals surface area contributed by atoms with Gasteiger partial charge in [0.2, 0.25) is 0 Å². The molecule has 0 saturated carbocycles. The highest BCUT2D eigenvalue weighted by atomic mass is 16.4. The van der Waals surface area contributed by atoms with Crippen LogP contribution in [-0.2, 0) is 4.79 Å². The number of aliphatic carboxylic acids is 1. The van der Waals surface area contributed by atoms with Gasteiger partial charge in [-0.2, -0.15) is 0 Å². The van der Waals surface area contributed by atoms with Gasteiger partial charge in [0.15, 0.2) is 5.78 Å². The lowest BCUT2D eigenvalue weighted by Crippen LogP contribution is -1.95.